The van der Waals surface area contributed by atoms with Gasteiger partial charge in [-0.2, -0.15) is 5.26 Å². The molecule has 0 spiro atoms. The highest BCUT2D eigenvalue weighted by molar-refractivity contribution is 7.23. The fraction of sp³-hybridized carbons (Fsp3) is 0.412. The molecular formula is C34H39F2N7S. The lowest BCUT2D eigenvalue weighted by Gasteiger charge is -2.32. The van der Waals surface area contributed by atoms with E-state index in [2.05, 4.69) is 45.1 Å². The highest BCUT2D eigenvalue weighted by Crippen LogP contribution is 2.45. The Morgan fingerprint density at radius 2 is 2.00 bits per heavy atom. The van der Waals surface area contributed by atoms with Gasteiger partial charge in [0.05, 0.1) is 22.6 Å². The summed E-state index contributed by atoms with van der Waals surface area (Å²) >= 11 is 1.01. The van der Waals surface area contributed by atoms with Gasteiger partial charge in [0.25, 0.3) is 0 Å². The van der Waals surface area contributed by atoms with E-state index in [1.807, 2.05) is 13.0 Å². The minimum absolute atomic E-state index is 0.168. The van der Waals surface area contributed by atoms with Crippen molar-refractivity contribution >= 4 is 38.3 Å². The van der Waals surface area contributed by atoms with Crippen molar-refractivity contribution in [1.82, 2.24) is 15.5 Å². The molecule has 0 aliphatic carbocycles. The normalized spacial score (nSPS) is 19.3. The van der Waals surface area contributed by atoms with Crippen LogP contribution in [0.15, 0.2) is 47.5 Å². The van der Waals surface area contributed by atoms with Crippen molar-refractivity contribution in [2.24, 2.45) is 4.99 Å². The molecule has 3 aliphatic heterocycles. The van der Waals surface area contributed by atoms with E-state index in [4.69, 9.17) is 5.73 Å². The van der Waals surface area contributed by atoms with E-state index in [0.717, 1.165) is 56.8 Å². The number of aryl methyl sites for hydroxylation is 1. The number of hydrogen-bond donors (Lipinski definition) is 4. The van der Waals surface area contributed by atoms with Crippen molar-refractivity contribution in [1.29, 1.82) is 5.26 Å². The summed E-state index contributed by atoms with van der Waals surface area (Å²) in [5.74, 6) is -0.952. The number of nitrogens with one attached hydrogen (secondary N) is 3. The van der Waals surface area contributed by atoms with Crippen LogP contribution in [0.3, 0.4) is 0 Å². The molecule has 0 saturated carbocycles. The van der Waals surface area contributed by atoms with Crippen LogP contribution in [0.4, 0.5) is 19.5 Å². The number of nitrogen functional groups attached to an aromatic ring is 1. The van der Waals surface area contributed by atoms with Crippen LogP contribution in [0.1, 0.15) is 48.8 Å². The Morgan fingerprint density at radius 1 is 1.25 bits per heavy atom. The lowest BCUT2D eigenvalue weighted by molar-refractivity contribution is 0.209. The van der Waals surface area contributed by atoms with Gasteiger partial charge in [0.2, 0.25) is 0 Å². The van der Waals surface area contributed by atoms with Crippen molar-refractivity contribution < 1.29 is 8.78 Å². The van der Waals surface area contributed by atoms with E-state index in [-0.39, 0.29) is 20.8 Å². The van der Waals surface area contributed by atoms with Crippen molar-refractivity contribution in [3.8, 4) is 17.2 Å². The van der Waals surface area contributed by atoms with Crippen LogP contribution < -0.4 is 21.7 Å². The zero-order chi connectivity index (χ0) is 31.0. The molecule has 0 radical (unpaired) electrons. The summed E-state index contributed by atoms with van der Waals surface area (Å²) in [5.41, 5.74) is 10.8. The van der Waals surface area contributed by atoms with Gasteiger partial charge in [-0.05, 0) is 62.4 Å². The Balaban J connectivity index is 1.33. The molecule has 0 amide bonds. The third kappa shape index (κ3) is 5.89. The molecule has 230 valence electrons. The number of benzene rings is 2. The highest BCUT2D eigenvalue weighted by Gasteiger charge is 2.47. The van der Waals surface area contributed by atoms with Crippen LogP contribution in [-0.4, -0.2) is 62.1 Å². The molecule has 3 fully saturated rings. The Kier molecular flexibility index (Phi) is 8.57. The maximum Gasteiger partial charge on any atom is 0.155 e. The van der Waals surface area contributed by atoms with Crippen LogP contribution in [-0.2, 0) is 0 Å². The predicted octanol–water partition coefficient (Wildman–Crippen LogP) is 6.09. The number of halogens is 2. The SMILES string of the molecule is C=C1CN2CC(=C)CC2(CNc2c(C=NCNCCCCC3CN3)cc(C)c(-c3ccc(F)c4sc(N)c(C#N)c34)c2F)C1. The first-order valence-corrected chi connectivity index (χ1v) is 16.0. The largest absolute Gasteiger partial charge is 0.389 e. The third-order valence-corrected chi connectivity index (χ3v) is 10.1. The second-order valence-electron chi connectivity index (χ2n) is 12.5. The van der Waals surface area contributed by atoms with Gasteiger partial charge in [-0.25, -0.2) is 8.78 Å². The van der Waals surface area contributed by atoms with Gasteiger partial charge >= 0.3 is 0 Å². The van der Waals surface area contributed by atoms with E-state index in [1.54, 1.807) is 12.3 Å². The van der Waals surface area contributed by atoms with E-state index in [1.165, 1.54) is 30.1 Å². The number of nitrogens with zero attached hydrogens (tertiary/aromatic N) is 3. The first kappa shape index (κ1) is 30.4. The van der Waals surface area contributed by atoms with Crippen LogP contribution in [0.2, 0.25) is 0 Å². The molecule has 1 aromatic heterocycles. The second-order valence-corrected chi connectivity index (χ2v) is 13.5. The van der Waals surface area contributed by atoms with Gasteiger partial charge < -0.3 is 16.4 Å². The molecule has 5 N–H and O–H groups in total. The molecule has 3 saturated heterocycles. The predicted molar refractivity (Wildman–Crippen MR) is 177 cm³/mol. The second kappa shape index (κ2) is 12.4. The average Bonchev–Trinajstić information content (AvgIpc) is 3.57. The number of rotatable bonds is 12. The fourth-order valence-electron chi connectivity index (χ4n) is 6.89. The first-order valence-electron chi connectivity index (χ1n) is 15.2. The van der Waals surface area contributed by atoms with Crippen LogP contribution >= 0.6 is 11.3 Å². The lowest BCUT2D eigenvalue weighted by atomic mass is 9.90. The topological polar surface area (TPSA) is 111 Å². The molecule has 1 unspecified atom stereocenters. The van der Waals surface area contributed by atoms with Crippen molar-refractivity contribution in [3.63, 3.8) is 0 Å². The Bertz CT molecular complexity index is 1680. The molecule has 2 aromatic carbocycles. The quantitative estimate of drug-likeness (QED) is 0.0850. The highest BCUT2D eigenvalue weighted by atomic mass is 32.1. The molecule has 10 heteroatoms. The molecule has 0 bridgehead atoms. The molecule has 3 aromatic rings. The summed E-state index contributed by atoms with van der Waals surface area (Å²) < 4.78 is 32.0. The first-order chi connectivity index (χ1) is 21.2. The van der Waals surface area contributed by atoms with Gasteiger partial charge in [-0.1, -0.05) is 36.8 Å². The van der Waals surface area contributed by atoms with E-state index in [0.29, 0.717) is 52.6 Å². The Hall–Kier alpha value is -3.62. The summed E-state index contributed by atoms with van der Waals surface area (Å²) in [7, 11) is 0. The Labute approximate surface area is 261 Å². The standard InChI is InChI=1S/C34H39F2N7S/c1-20-11-34(12-21(2)17-43(34)16-20)18-42-31-23(14-40-19-39-9-5-4-6-24-15-41-24)10-22(3)28(30(31)36)25-7-8-27(35)32-29(25)26(13-37)33(38)44-32/h7-8,10,14,24,39,41-42H,1-2,4-6,9,11-12,15-19,38H2,3H3. The fourth-order valence-corrected chi connectivity index (χ4v) is 7.84. The maximum atomic E-state index is 16.9. The van der Waals surface area contributed by atoms with Crippen molar-refractivity contribution in [3.05, 3.63) is 70.8 Å². The number of nitrogens with two attached hydrogens (primary N) is 1. The summed E-state index contributed by atoms with van der Waals surface area (Å²) in [6.45, 7) is 14.9. The molecule has 7 nitrogen and oxygen atoms in total. The smallest absolute Gasteiger partial charge is 0.155 e. The molecule has 3 aliphatic rings. The van der Waals surface area contributed by atoms with Gasteiger partial charge in [-0.15, -0.1) is 11.3 Å². The molecule has 44 heavy (non-hydrogen) atoms. The van der Waals surface area contributed by atoms with Gasteiger partial charge in [0.1, 0.15) is 16.9 Å². The van der Waals surface area contributed by atoms with Gasteiger partial charge in [0.15, 0.2) is 5.82 Å². The van der Waals surface area contributed by atoms with E-state index < -0.39 is 11.6 Å². The number of thiophene rings is 1. The molecule has 1 atom stereocenters. The molecule has 6 rings (SSSR count). The molecular weight excluding hydrogens is 576 g/mol. The summed E-state index contributed by atoms with van der Waals surface area (Å²) in [6, 6.07) is 7.56. The van der Waals surface area contributed by atoms with Crippen molar-refractivity contribution in [2.45, 2.75) is 50.6 Å². The van der Waals surface area contributed by atoms with Crippen LogP contribution in [0.5, 0.6) is 0 Å². The van der Waals surface area contributed by atoms with E-state index in [9.17, 15) is 9.65 Å². The van der Waals surface area contributed by atoms with Gasteiger partial charge in [0, 0.05) is 60.5 Å². The minimum atomic E-state index is -0.485. The number of unbranched alkanes of at least 4 members (excludes halogenated alkanes) is 1. The average molecular weight is 616 g/mol. The number of hydrogen-bond acceptors (Lipinski definition) is 8. The zero-order valence-corrected chi connectivity index (χ0v) is 26.0. The summed E-state index contributed by atoms with van der Waals surface area (Å²) in [5, 5.41) is 20.6. The van der Waals surface area contributed by atoms with Crippen LogP contribution in [0, 0.1) is 29.9 Å². The number of aliphatic imine (C=N–C) groups is 1. The Morgan fingerprint density at radius 3 is 2.70 bits per heavy atom. The lowest BCUT2D eigenvalue weighted by Crippen LogP contribution is -2.44. The number of fused-ring (bicyclic) bond motifs is 2. The number of nitriles is 1. The van der Waals surface area contributed by atoms with Crippen LogP contribution in [0.25, 0.3) is 21.2 Å². The monoisotopic (exact) mass is 615 g/mol. The summed E-state index contributed by atoms with van der Waals surface area (Å²) in [6.07, 6.45) is 6.82. The maximum absolute atomic E-state index is 16.9. The van der Waals surface area contributed by atoms with E-state index >= 15 is 4.39 Å². The molecule has 4 heterocycles. The minimum Gasteiger partial charge on any atom is -0.389 e. The summed E-state index contributed by atoms with van der Waals surface area (Å²) in [4.78, 5) is 6.97. The van der Waals surface area contributed by atoms with Crippen molar-refractivity contribution in [2.75, 3.05) is 50.4 Å². The number of anilines is 2. The zero-order valence-electron chi connectivity index (χ0n) is 25.2. The third-order valence-electron chi connectivity index (χ3n) is 9.03. The van der Waals surface area contributed by atoms with Gasteiger partial charge in [-0.3, -0.25) is 15.2 Å².